The summed E-state index contributed by atoms with van der Waals surface area (Å²) >= 11 is 0. The highest BCUT2D eigenvalue weighted by molar-refractivity contribution is 5.44. The summed E-state index contributed by atoms with van der Waals surface area (Å²) in [4.78, 5) is 14.2. The number of phenols is 1. The highest BCUT2D eigenvalue weighted by atomic mass is 16.3. The molecule has 1 N–H and O–H groups in total. The fourth-order valence-corrected chi connectivity index (χ4v) is 1.91. The van der Waals surface area contributed by atoms with Gasteiger partial charge >= 0.3 is 0 Å². The van der Waals surface area contributed by atoms with Crippen LogP contribution in [0.3, 0.4) is 0 Å². The Bertz CT molecular complexity index is 390. The molecule has 1 aromatic rings. The summed E-state index contributed by atoms with van der Waals surface area (Å²) in [7, 11) is 0. The van der Waals surface area contributed by atoms with Crippen LogP contribution in [-0.2, 0) is 10.3 Å². The number of aliphatic imine (C=N–C) groups is 1. The molecule has 0 radical (unpaired) electrons. The minimum Gasteiger partial charge on any atom is -0.508 e. The van der Waals surface area contributed by atoms with Crippen molar-refractivity contribution >= 4 is 6.08 Å². The summed E-state index contributed by atoms with van der Waals surface area (Å²) in [5.74, 6) is 0.214. The number of nitrogens with zero attached hydrogens (tertiary/aromatic N) is 1. The maximum Gasteiger partial charge on any atom is 0.235 e. The molecule has 3 heteroatoms. The van der Waals surface area contributed by atoms with Crippen molar-refractivity contribution < 1.29 is 9.90 Å². The molecule has 72 valence electrons. The summed E-state index contributed by atoms with van der Waals surface area (Å²) in [6.45, 7) is 0. The van der Waals surface area contributed by atoms with Crippen LogP contribution in [0.5, 0.6) is 5.75 Å². The third-order valence-corrected chi connectivity index (χ3v) is 2.85. The van der Waals surface area contributed by atoms with Crippen LogP contribution in [-0.4, -0.2) is 11.2 Å². The predicted molar refractivity (Wildman–Crippen MR) is 51.8 cm³/mol. The van der Waals surface area contributed by atoms with Crippen molar-refractivity contribution in [1.82, 2.24) is 0 Å². The monoisotopic (exact) mass is 189 g/mol. The predicted octanol–water partition coefficient (Wildman–Crippen LogP) is 2.11. The van der Waals surface area contributed by atoms with E-state index >= 15 is 0 Å². The molecule has 14 heavy (non-hydrogen) atoms. The van der Waals surface area contributed by atoms with Crippen LogP contribution in [0.4, 0.5) is 0 Å². The number of carbonyl (C=O) groups excluding carboxylic acids is 1. The number of isocyanates is 1. The van der Waals surface area contributed by atoms with Gasteiger partial charge in [0.2, 0.25) is 6.08 Å². The minimum atomic E-state index is -0.493. The Morgan fingerprint density at radius 3 is 2.57 bits per heavy atom. The second-order valence-electron chi connectivity index (χ2n) is 3.61. The van der Waals surface area contributed by atoms with Crippen molar-refractivity contribution in [1.29, 1.82) is 0 Å². The molecule has 0 saturated heterocycles. The molecule has 0 aromatic heterocycles. The van der Waals surface area contributed by atoms with Gasteiger partial charge in [0.1, 0.15) is 11.3 Å². The van der Waals surface area contributed by atoms with Gasteiger partial charge in [-0.1, -0.05) is 18.2 Å². The Morgan fingerprint density at radius 2 is 2.07 bits per heavy atom. The SMILES string of the molecule is O=C=NC1(c2ccccc2O)CCC1. The Hall–Kier alpha value is -1.60. The van der Waals surface area contributed by atoms with Gasteiger partial charge in [-0.15, -0.1) is 0 Å². The number of hydrogen-bond donors (Lipinski definition) is 1. The first-order valence-corrected chi connectivity index (χ1v) is 4.66. The van der Waals surface area contributed by atoms with Crippen LogP contribution >= 0.6 is 0 Å². The van der Waals surface area contributed by atoms with Crippen LogP contribution in [0.25, 0.3) is 0 Å². The van der Waals surface area contributed by atoms with Gasteiger partial charge in [-0.25, -0.2) is 4.79 Å². The van der Waals surface area contributed by atoms with Crippen LogP contribution in [0, 0.1) is 0 Å². The van der Waals surface area contributed by atoms with E-state index < -0.39 is 5.54 Å². The molecule has 0 spiro atoms. The number of hydrogen-bond acceptors (Lipinski definition) is 3. The molecule has 0 heterocycles. The van der Waals surface area contributed by atoms with E-state index in [2.05, 4.69) is 4.99 Å². The number of aromatic hydroxyl groups is 1. The Morgan fingerprint density at radius 1 is 1.36 bits per heavy atom. The number of benzene rings is 1. The van der Waals surface area contributed by atoms with Crippen molar-refractivity contribution in [2.24, 2.45) is 4.99 Å². The van der Waals surface area contributed by atoms with Gasteiger partial charge in [-0.05, 0) is 25.3 Å². The molecular weight excluding hydrogens is 178 g/mol. The highest BCUT2D eigenvalue weighted by Crippen LogP contribution is 2.47. The minimum absolute atomic E-state index is 0.214. The standard InChI is InChI=1S/C11H11NO2/c13-8-12-11(6-3-7-11)9-4-1-2-5-10(9)14/h1-2,4-5,14H,3,6-7H2. The topological polar surface area (TPSA) is 49.7 Å². The van der Waals surface area contributed by atoms with Crippen molar-refractivity contribution in [2.75, 3.05) is 0 Å². The zero-order valence-electron chi connectivity index (χ0n) is 7.73. The molecule has 0 atom stereocenters. The number of para-hydroxylation sites is 1. The fourth-order valence-electron chi connectivity index (χ4n) is 1.91. The van der Waals surface area contributed by atoms with Crippen LogP contribution in [0.2, 0.25) is 0 Å². The summed E-state index contributed by atoms with van der Waals surface area (Å²) < 4.78 is 0. The first-order valence-electron chi connectivity index (χ1n) is 4.66. The lowest BCUT2D eigenvalue weighted by Gasteiger charge is -2.37. The quantitative estimate of drug-likeness (QED) is 0.572. The lowest BCUT2D eigenvalue weighted by molar-refractivity contribution is 0.248. The molecule has 1 aliphatic rings. The van der Waals surface area contributed by atoms with Gasteiger partial charge in [0.25, 0.3) is 0 Å². The van der Waals surface area contributed by atoms with E-state index in [-0.39, 0.29) is 5.75 Å². The lowest BCUT2D eigenvalue weighted by atomic mass is 9.72. The third kappa shape index (κ3) is 1.22. The lowest BCUT2D eigenvalue weighted by Crippen LogP contribution is -2.31. The van der Waals surface area contributed by atoms with E-state index in [1.54, 1.807) is 18.2 Å². The van der Waals surface area contributed by atoms with Crippen molar-refractivity contribution in [3.05, 3.63) is 29.8 Å². The molecular formula is C11H11NO2. The molecule has 1 saturated carbocycles. The van der Waals surface area contributed by atoms with Crippen molar-refractivity contribution in [3.8, 4) is 5.75 Å². The van der Waals surface area contributed by atoms with Crippen LogP contribution < -0.4 is 0 Å². The third-order valence-electron chi connectivity index (χ3n) is 2.85. The molecule has 0 amide bonds. The Labute approximate surface area is 82.1 Å². The highest BCUT2D eigenvalue weighted by Gasteiger charge is 2.40. The largest absolute Gasteiger partial charge is 0.508 e. The summed E-state index contributed by atoms with van der Waals surface area (Å²) in [6, 6.07) is 7.04. The second kappa shape index (κ2) is 3.28. The van der Waals surface area contributed by atoms with Gasteiger partial charge in [0, 0.05) is 5.56 Å². The molecule has 3 nitrogen and oxygen atoms in total. The Kier molecular flexibility index (Phi) is 2.10. The molecule has 2 rings (SSSR count). The molecule has 1 aromatic carbocycles. The molecule has 0 unspecified atom stereocenters. The zero-order valence-corrected chi connectivity index (χ0v) is 7.73. The van der Waals surface area contributed by atoms with Gasteiger partial charge in [-0.2, -0.15) is 4.99 Å². The van der Waals surface area contributed by atoms with E-state index in [4.69, 9.17) is 0 Å². The number of phenolic OH excluding ortho intramolecular Hbond substituents is 1. The smallest absolute Gasteiger partial charge is 0.235 e. The van der Waals surface area contributed by atoms with Crippen molar-refractivity contribution in [2.45, 2.75) is 24.8 Å². The maximum absolute atomic E-state index is 10.3. The Balaban J connectivity index is 2.46. The van der Waals surface area contributed by atoms with Crippen molar-refractivity contribution in [3.63, 3.8) is 0 Å². The van der Waals surface area contributed by atoms with E-state index in [0.29, 0.717) is 0 Å². The van der Waals surface area contributed by atoms with Gasteiger partial charge in [-0.3, -0.25) is 0 Å². The van der Waals surface area contributed by atoms with Gasteiger partial charge in [0.15, 0.2) is 0 Å². The summed E-state index contributed by atoms with van der Waals surface area (Å²) in [5.41, 5.74) is 0.252. The van der Waals surface area contributed by atoms with Gasteiger partial charge < -0.3 is 5.11 Å². The van der Waals surface area contributed by atoms with E-state index in [1.165, 1.54) is 0 Å². The van der Waals surface area contributed by atoms with E-state index in [0.717, 1.165) is 24.8 Å². The first-order chi connectivity index (χ1) is 6.78. The molecule has 1 fully saturated rings. The van der Waals surface area contributed by atoms with Crippen LogP contribution in [0.1, 0.15) is 24.8 Å². The summed E-state index contributed by atoms with van der Waals surface area (Å²) in [6.07, 6.45) is 4.28. The first kappa shape index (κ1) is 8.97. The second-order valence-corrected chi connectivity index (χ2v) is 3.61. The molecule has 0 bridgehead atoms. The zero-order chi connectivity index (χ0) is 10.0. The normalized spacial score (nSPS) is 18.0. The number of rotatable bonds is 2. The van der Waals surface area contributed by atoms with Crippen LogP contribution in [0.15, 0.2) is 29.3 Å². The average molecular weight is 189 g/mol. The maximum atomic E-state index is 10.3. The summed E-state index contributed by atoms with van der Waals surface area (Å²) in [5, 5.41) is 9.65. The average Bonchev–Trinajstić information content (AvgIpc) is 2.13. The fraction of sp³-hybridized carbons (Fsp3) is 0.364. The van der Waals surface area contributed by atoms with E-state index in [9.17, 15) is 9.90 Å². The van der Waals surface area contributed by atoms with E-state index in [1.807, 2.05) is 12.1 Å². The van der Waals surface area contributed by atoms with Gasteiger partial charge in [0.05, 0.1) is 0 Å². The molecule has 1 aliphatic carbocycles. The molecule has 0 aliphatic heterocycles.